The molecule has 0 spiro atoms. The maximum Gasteiger partial charge on any atom is 0.419 e. The average molecular weight is 500 g/mol. The molecule has 36 heavy (non-hydrogen) atoms. The summed E-state index contributed by atoms with van der Waals surface area (Å²) in [6.45, 7) is 2.58. The smallest absolute Gasteiger partial charge is 0.378 e. The molecule has 8 nitrogen and oxygen atoms in total. The fourth-order valence-electron chi connectivity index (χ4n) is 4.13. The number of nitrogens with zero attached hydrogens (tertiary/aromatic N) is 5. The van der Waals surface area contributed by atoms with Crippen molar-refractivity contribution in [3.8, 4) is 11.3 Å². The predicted molar refractivity (Wildman–Crippen MR) is 125 cm³/mol. The number of alkyl halides is 3. The molecule has 2 aromatic carbocycles. The van der Waals surface area contributed by atoms with Crippen LogP contribution >= 0.6 is 0 Å². The number of rotatable bonds is 4. The Kier molecular flexibility index (Phi) is 5.96. The number of fused-ring (bicyclic) bond motifs is 1. The maximum absolute atomic E-state index is 13.8. The summed E-state index contributed by atoms with van der Waals surface area (Å²) in [5, 5.41) is 4.68. The second-order valence-electron chi connectivity index (χ2n) is 8.09. The molecule has 3 heterocycles. The molecule has 0 aliphatic carbocycles. The number of halogens is 4. The van der Waals surface area contributed by atoms with Crippen molar-refractivity contribution in [3.05, 3.63) is 72.2 Å². The minimum absolute atomic E-state index is 0.199. The Bertz CT molecular complexity index is 1430. The van der Waals surface area contributed by atoms with E-state index in [0.717, 1.165) is 16.8 Å². The van der Waals surface area contributed by atoms with Crippen LogP contribution in [0.5, 0.6) is 0 Å². The molecule has 0 radical (unpaired) electrons. The lowest BCUT2D eigenvalue weighted by atomic mass is 10.1. The monoisotopic (exact) mass is 500 g/mol. The highest BCUT2D eigenvalue weighted by atomic mass is 19.4. The predicted octanol–water partition coefficient (Wildman–Crippen LogP) is 4.61. The van der Waals surface area contributed by atoms with Crippen LogP contribution in [0.15, 0.2) is 60.8 Å². The van der Waals surface area contributed by atoms with Gasteiger partial charge in [0.2, 0.25) is 0 Å². The third-order valence-electron chi connectivity index (χ3n) is 5.81. The molecule has 1 aliphatic heterocycles. The molecule has 0 bridgehead atoms. The molecule has 1 aliphatic rings. The van der Waals surface area contributed by atoms with Crippen molar-refractivity contribution in [2.24, 2.45) is 5.73 Å². The van der Waals surface area contributed by atoms with Crippen molar-refractivity contribution in [2.75, 3.05) is 36.1 Å². The summed E-state index contributed by atoms with van der Waals surface area (Å²) >= 11 is 0. The third-order valence-corrected chi connectivity index (χ3v) is 5.81. The van der Waals surface area contributed by atoms with Crippen LogP contribution in [0.2, 0.25) is 0 Å². The zero-order valence-electron chi connectivity index (χ0n) is 18.7. The van der Waals surface area contributed by atoms with Crippen molar-refractivity contribution >= 4 is 28.9 Å². The quantitative estimate of drug-likeness (QED) is 0.414. The maximum atomic E-state index is 13.8. The number of hydrogen-bond acceptors (Lipinski definition) is 5. The van der Waals surface area contributed by atoms with E-state index in [1.54, 1.807) is 35.0 Å². The summed E-state index contributed by atoms with van der Waals surface area (Å²) in [6, 6.07) is 11.3. The van der Waals surface area contributed by atoms with E-state index in [-0.39, 0.29) is 11.4 Å². The average Bonchev–Trinajstić information content (AvgIpc) is 3.30. The largest absolute Gasteiger partial charge is 0.419 e. The lowest BCUT2D eigenvalue weighted by molar-refractivity contribution is -0.139. The SMILES string of the molecule is NC(=O)N(c1cccc(-c2ccnc3cc(N4CCOCC4)nn23)c1)c1ccc(F)c(C(F)(F)F)c1. The molecule has 12 heteroatoms. The first kappa shape index (κ1) is 23.5. The Labute approximate surface area is 202 Å². The van der Waals surface area contributed by atoms with Gasteiger partial charge in [0.15, 0.2) is 11.5 Å². The van der Waals surface area contributed by atoms with Crippen LogP contribution in [0.1, 0.15) is 5.56 Å². The lowest BCUT2D eigenvalue weighted by Crippen LogP contribution is -2.36. The number of ether oxygens (including phenoxy) is 1. The van der Waals surface area contributed by atoms with Gasteiger partial charge in [-0.2, -0.15) is 13.2 Å². The van der Waals surface area contributed by atoms with Gasteiger partial charge in [-0.3, -0.25) is 4.90 Å². The Morgan fingerprint density at radius 1 is 1.03 bits per heavy atom. The minimum atomic E-state index is -4.94. The number of hydrogen-bond donors (Lipinski definition) is 1. The zero-order chi connectivity index (χ0) is 25.4. The normalized spacial score (nSPS) is 14.3. The minimum Gasteiger partial charge on any atom is -0.378 e. The van der Waals surface area contributed by atoms with E-state index in [1.807, 2.05) is 6.07 Å². The molecule has 186 valence electrons. The number of anilines is 3. The van der Waals surface area contributed by atoms with E-state index in [0.29, 0.717) is 55.3 Å². The number of primary amides is 1. The molecule has 0 saturated carbocycles. The van der Waals surface area contributed by atoms with E-state index in [2.05, 4.69) is 15.0 Å². The summed E-state index contributed by atoms with van der Waals surface area (Å²) in [5.74, 6) is -0.711. The van der Waals surface area contributed by atoms with Crippen LogP contribution in [0, 0.1) is 5.82 Å². The van der Waals surface area contributed by atoms with Gasteiger partial charge in [-0.15, -0.1) is 5.10 Å². The van der Waals surface area contributed by atoms with Crippen molar-refractivity contribution in [1.82, 2.24) is 14.6 Å². The standard InChI is InChI=1S/C24H20F4N6O2/c25-19-5-4-17(13-18(19)24(26,27)28)33(23(29)35)16-3-1-2-15(12-16)20-6-7-30-21-14-22(31-34(20)21)32-8-10-36-11-9-32/h1-7,12-14H,8-11H2,(H2,29,35). The van der Waals surface area contributed by atoms with Gasteiger partial charge in [0.05, 0.1) is 35.8 Å². The molecule has 0 unspecified atom stereocenters. The summed E-state index contributed by atoms with van der Waals surface area (Å²) in [7, 11) is 0. The van der Waals surface area contributed by atoms with Crippen molar-refractivity contribution in [1.29, 1.82) is 0 Å². The zero-order valence-corrected chi connectivity index (χ0v) is 18.7. The second-order valence-corrected chi connectivity index (χ2v) is 8.09. The first-order valence-electron chi connectivity index (χ1n) is 11.0. The molecule has 1 saturated heterocycles. The summed E-state index contributed by atoms with van der Waals surface area (Å²) in [4.78, 5) is 19.7. The van der Waals surface area contributed by atoms with Crippen molar-refractivity contribution < 1.29 is 27.1 Å². The first-order chi connectivity index (χ1) is 17.2. The highest BCUT2D eigenvalue weighted by Crippen LogP contribution is 2.36. The molecule has 1 fully saturated rings. The number of morpholine rings is 1. The number of amides is 2. The Balaban J connectivity index is 1.56. The number of carbonyl (C=O) groups is 1. The number of nitrogens with two attached hydrogens (primary N) is 1. The molecule has 2 amide bonds. The highest BCUT2D eigenvalue weighted by molar-refractivity contribution is 5.99. The molecule has 2 N–H and O–H groups in total. The first-order valence-corrected chi connectivity index (χ1v) is 11.0. The summed E-state index contributed by atoms with van der Waals surface area (Å²) in [6.07, 6.45) is -3.32. The van der Waals surface area contributed by atoms with Crippen LogP contribution < -0.4 is 15.5 Å². The Morgan fingerprint density at radius 3 is 2.50 bits per heavy atom. The van der Waals surface area contributed by atoms with E-state index in [1.165, 1.54) is 6.07 Å². The van der Waals surface area contributed by atoms with Gasteiger partial charge in [-0.05, 0) is 36.4 Å². The van der Waals surface area contributed by atoms with Crippen LogP contribution in [0.25, 0.3) is 16.9 Å². The fraction of sp³-hybridized carbons (Fsp3) is 0.208. The van der Waals surface area contributed by atoms with Crippen molar-refractivity contribution in [2.45, 2.75) is 6.18 Å². The molecule has 5 rings (SSSR count). The van der Waals surface area contributed by atoms with Crippen molar-refractivity contribution in [3.63, 3.8) is 0 Å². The molecule has 2 aromatic heterocycles. The Hall–Kier alpha value is -4.19. The molecular weight excluding hydrogens is 480 g/mol. The van der Waals surface area contributed by atoms with Gasteiger partial charge < -0.3 is 15.4 Å². The van der Waals surface area contributed by atoms with Gasteiger partial charge in [0.25, 0.3) is 0 Å². The van der Waals surface area contributed by atoms with E-state index >= 15 is 0 Å². The highest BCUT2D eigenvalue weighted by Gasteiger charge is 2.35. The van der Waals surface area contributed by atoms with E-state index in [9.17, 15) is 22.4 Å². The van der Waals surface area contributed by atoms with Gasteiger partial charge in [0, 0.05) is 30.9 Å². The van der Waals surface area contributed by atoms with Crippen LogP contribution in [-0.2, 0) is 10.9 Å². The number of carbonyl (C=O) groups excluding carboxylic acids is 1. The molecule has 0 atom stereocenters. The topological polar surface area (TPSA) is 89.0 Å². The van der Waals surface area contributed by atoms with Gasteiger partial charge in [-0.25, -0.2) is 18.7 Å². The lowest BCUT2D eigenvalue weighted by Gasteiger charge is -2.26. The fourth-order valence-corrected chi connectivity index (χ4v) is 4.13. The van der Waals surface area contributed by atoms with Crippen LogP contribution in [0.4, 0.5) is 39.5 Å². The van der Waals surface area contributed by atoms with Crippen LogP contribution in [-0.4, -0.2) is 46.9 Å². The summed E-state index contributed by atoms with van der Waals surface area (Å²) < 4.78 is 60.7. The number of benzene rings is 2. The van der Waals surface area contributed by atoms with Gasteiger partial charge >= 0.3 is 12.2 Å². The molecular formula is C24H20F4N6O2. The van der Waals surface area contributed by atoms with E-state index < -0.39 is 23.6 Å². The number of aromatic nitrogens is 3. The third kappa shape index (κ3) is 4.42. The molecule has 4 aromatic rings. The number of urea groups is 1. The second kappa shape index (κ2) is 9.11. The Morgan fingerprint density at radius 2 is 1.78 bits per heavy atom. The van der Waals surface area contributed by atoms with Crippen LogP contribution in [0.3, 0.4) is 0 Å². The van der Waals surface area contributed by atoms with Gasteiger partial charge in [0.1, 0.15) is 5.82 Å². The summed E-state index contributed by atoms with van der Waals surface area (Å²) in [5.41, 5.74) is 5.86. The van der Waals surface area contributed by atoms with E-state index in [4.69, 9.17) is 10.5 Å². The van der Waals surface area contributed by atoms with Gasteiger partial charge in [-0.1, -0.05) is 12.1 Å².